The number of nitrogens with two attached hydrogens (primary N) is 1. The zero-order valence-electron chi connectivity index (χ0n) is 21.2. The van der Waals surface area contributed by atoms with E-state index < -0.39 is 27.9 Å². The first-order valence-corrected chi connectivity index (χ1v) is 14.5. The van der Waals surface area contributed by atoms with Gasteiger partial charge < -0.3 is 20.7 Å². The van der Waals surface area contributed by atoms with Gasteiger partial charge in [0.2, 0.25) is 10.0 Å². The highest BCUT2D eigenvalue weighted by Crippen LogP contribution is 2.37. The molecule has 2 aromatic rings. The lowest BCUT2D eigenvalue weighted by Crippen LogP contribution is -2.42. The fourth-order valence-electron chi connectivity index (χ4n) is 5.03. The van der Waals surface area contributed by atoms with Crippen LogP contribution in [0, 0.1) is 11.8 Å². The number of ether oxygens (including phenoxy) is 1. The van der Waals surface area contributed by atoms with Crippen molar-refractivity contribution in [3.63, 3.8) is 0 Å². The molecular weight excluding hydrogens is 516 g/mol. The summed E-state index contributed by atoms with van der Waals surface area (Å²) in [7, 11) is -3.67. The van der Waals surface area contributed by atoms with E-state index in [1.54, 1.807) is 11.8 Å². The summed E-state index contributed by atoms with van der Waals surface area (Å²) in [5.74, 6) is -0.593. The number of rotatable bonds is 6. The van der Waals surface area contributed by atoms with Gasteiger partial charge in [0.05, 0.1) is 23.6 Å². The minimum atomic E-state index is -3.67. The quantitative estimate of drug-likeness (QED) is 0.568. The number of nitrogens with one attached hydrogen (secondary N) is 1. The van der Waals surface area contributed by atoms with Crippen molar-refractivity contribution in [2.75, 3.05) is 31.6 Å². The molecular formula is C25H32N4O6S2. The summed E-state index contributed by atoms with van der Waals surface area (Å²) in [5.41, 5.74) is 6.84. The second-order valence-corrected chi connectivity index (χ2v) is 12.7. The largest absolute Gasteiger partial charge is 0.450 e. The molecule has 2 atom stereocenters. The minimum Gasteiger partial charge on any atom is -0.450 e. The zero-order valence-corrected chi connectivity index (χ0v) is 22.8. The Balaban J connectivity index is 1.52. The Labute approximate surface area is 220 Å². The number of benzene rings is 1. The SMILES string of the molecule is CCOC(=O)N1CCc2c(sc(NC(=O)c3ccc(S(=O)(=O)N4CC(C)CC(C)C4)cc3)c2C(N)=O)C1. The molecule has 37 heavy (non-hydrogen) atoms. The Bertz CT molecular complexity index is 1300. The fourth-order valence-corrected chi connectivity index (χ4v) is 7.97. The average molecular weight is 549 g/mol. The van der Waals surface area contributed by atoms with Crippen molar-refractivity contribution < 1.29 is 27.5 Å². The third kappa shape index (κ3) is 5.65. The van der Waals surface area contributed by atoms with Crippen LogP contribution in [0.4, 0.5) is 9.80 Å². The van der Waals surface area contributed by atoms with E-state index in [0.29, 0.717) is 31.1 Å². The Kier molecular flexibility index (Phi) is 7.91. The number of hydrogen-bond donors (Lipinski definition) is 2. The predicted molar refractivity (Wildman–Crippen MR) is 140 cm³/mol. The Morgan fingerprint density at radius 3 is 2.38 bits per heavy atom. The van der Waals surface area contributed by atoms with Gasteiger partial charge in [-0.2, -0.15) is 4.31 Å². The van der Waals surface area contributed by atoms with Crippen LogP contribution in [0.2, 0.25) is 0 Å². The number of nitrogens with zero attached hydrogens (tertiary/aromatic N) is 2. The second kappa shape index (κ2) is 10.8. The number of carbonyl (C=O) groups excluding carboxylic acids is 3. The van der Waals surface area contributed by atoms with Crippen molar-refractivity contribution >= 4 is 44.3 Å². The van der Waals surface area contributed by atoms with Gasteiger partial charge in [-0.1, -0.05) is 13.8 Å². The van der Waals surface area contributed by atoms with Gasteiger partial charge in [-0.25, -0.2) is 13.2 Å². The van der Waals surface area contributed by atoms with Crippen molar-refractivity contribution in [1.82, 2.24) is 9.21 Å². The van der Waals surface area contributed by atoms with Crippen LogP contribution < -0.4 is 11.1 Å². The van der Waals surface area contributed by atoms with Crippen LogP contribution >= 0.6 is 11.3 Å². The van der Waals surface area contributed by atoms with E-state index in [9.17, 15) is 22.8 Å². The molecule has 1 aromatic heterocycles. The monoisotopic (exact) mass is 548 g/mol. The minimum absolute atomic E-state index is 0.133. The fraction of sp³-hybridized carbons (Fsp3) is 0.480. The van der Waals surface area contributed by atoms with Crippen molar-refractivity contribution in [2.24, 2.45) is 17.6 Å². The van der Waals surface area contributed by atoms with E-state index in [-0.39, 0.29) is 41.0 Å². The number of sulfonamides is 1. The van der Waals surface area contributed by atoms with E-state index >= 15 is 0 Å². The standard InChI is InChI=1S/C25H32N4O6S2/c1-4-35-25(32)28-10-9-19-20(14-28)36-24(21(19)22(26)30)27-23(31)17-5-7-18(8-6-17)37(33,34)29-12-15(2)11-16(3)13-29/h5-8,15-16H,4,9-14H2,1-3H3,(H2,26,30)(H,27,31). The van der Waals surface area contributed by atoms with Gasteiger partial charge in [0.1, 0.15) is 5.00 Å². The number of primary amides is 1. The highest BCUT2D eigenvalue weighted by molar-refractivity contribution is 7.89. The van der Waals surface area contributed by atoms with E-state index in [1.165, 1.54) is 39.9 Å². The second-order valence-electron chi connectivity index (χ2n) is 9.69. The lowest BCUT2D eigenvalue weighted by molar-refractivity contribution is 0.0997. The van der Waals surface area contributed by atoms with Crippen LogP contribution in [0.3, 0.4) is 0 Å². The molecule has 4 rings (SSSR count). The Morgan fingerprint density at radius 1 is 1.14 bits per heavy atom. The van der Waals surface area contributed by atoms with Crippen molar-refractivity contribution in [1.29, 1.82) is 0 Å². The molecule has 2 aliphatic rings. The summed E-state index contributed by atoms with van der Waals surface area (Å²) >= 11 is 1.19. The number of hydrogen-bond acceptors (Lipinski definition) is 7. The summed E-state index contributed by atoms with van der Waals surface area (Å²) < 4.78 is 32.9. The first-order chi connectivity index (χ1) is 17.5. The van der Waals surface area contributed by atoms with Crippen LogP contribution in [0.25, 0.3) is 0 Å². The molecule has 3 N–H and O–H groups in total. The molecule has 3 heterocycles. The first-order valence-electron chi connectivity index (χ1n) is 12.3. The predicted octanol–water partition coefficient (Wildman–Crippen LogP) is 3.28. The first kappa shape index (κ1) is 27.1. The molecule has 1 fully saturated rings. The van der Waals surface area contributed by atoms with E-state index in [0.717, 1.165) is 16.9 Å². The molecule has 0 radical (unpaired) electrons. The molecule has 12 heteroatoms. The number of piperidine rings is 1. The maximum absolute atomic E-state index is 13.1. The van der Waals surface area contributed by atoms with Crippen molar-refractivity contribution in [3.05, 3.63) is 45.8 Å². The maximum atomic E-state index is 13.1. The zero-order chi connectivity index (χ0) is 26.9. The molecule has 0 saturated carbocycles. The van der Waals surface area contributed by atoms with Gasteiger partial charge >= 0.3 is 6.09 Å². The number of anilines is 1. The molecule has 0 spiro atoms. The van der Waals surface area contributed by atoms with Crippen LogP contribution in [0.1, 0.15) is 58.3 Å². The summed E-state index contributed by atoms with van der Waals surface area (Å²) in [6.45, 7) is 7.66. The third-order valence-corrected chi connectivity index (χ3v) is 9.62. The van der Waals surface area contributed by atoms with Gasteiger partial charge in [-0.3, -0.25) is 9.59 Å². The van der Waals surface area contributed by atoms with Gasteiger partial charge in [-0.15, -0.1) is 11.3 Å². The van der Waals surface area contributed by atoms with Gasteiger partial charge in [-0.05, 0) is 61.4 Å². The van der Waals surface area contributed by atoms with E-state index in [2.05, 4.69) is 5.32 Å². The maximum Gasteiger partial charge on any atom is 0.410 e. The molecule has 2 aliphatic heterocycles. The van der Waals surface area contributed by atoms with Crippen LogP contribution in [-0.4, -0.2) is 61.8 Å². The Morgan fingerprint density at radius 2 is 1.78 bits per heavy atom. The van der Waals surface area contributed by atoms with E-state index in [4.69, 9.17) is 10.5 Å². The number of fused-ring (bicyclic) bond motifs is 1. The molecule has 1 saturated heterocycles. The number of carbonyl (C=O) groups is 3. The van der Waals surface area contributed by atoms with Gasteiger partial charge in [0.25, 0.3) is 11.8 Å². The Hall–Kier alpha value is -2.96. The molecule has 2 unspecified atom stereocenters. The van der Waals surface area contributed by atoms with Crippen LogP contribution in [0.15, 0.2) is 29.2 Å². The summed E-state index contributed by atoms with van der Waals surface area (Å²) in [5, 5.41) is 3.06. The lowest BCUT2D eigenvalue weighted by Gasteiger charge is -2.34. The number of amides is 3. The average Bonchev–Trinajstić information content (AvgIpc) is 3.20. The van der Waals surface area contributed by atoms with E-state index in [1.807, 2.05) is 13.8 Å². The third-order valence-electron chi connectivity index (χ3n) is 6.65. The van der Waals surface area contributed by atoms with Crippen LogP contribution in [0.5, 0.6) is 0 Å². The van der Waals surface area contributed by atoms with Crippen molar-refractivity contribution in [2.45, 2.75) is 45.1 Å². The molecule has 3 amide bonds. The topological polar surface area (TPSA) is 139 Å². The van der Waals surface area contributed by atoms with Crippen LogP contribution in [-0.2, 0) is 27.7 Å². The summed E-state index contributed by atoms with van der Waals surface area (Å²) in [6, 6.07) is 5.78. The normalized spacial score (nSPS) is 20.2. The lowest BCUT2D eigenvalue weighted by atomic mass is 9.94. The molecule has 10 nitrogen and oxygen atoms in total. The van der Waals surface area contributed by atoms with Gasteiger partial charge in [0, 0.05) is 30.1 Å². The summed E-state index contributed by atoms with van der Waals surface area (Å²) in [6.07, 6.45) is 0.973. The highest BCUT2D eigenvalue weighted by Gasteiger charge is 2.32. The van der Waals surface area contributed by atoms with Crippen molar-refractivity contribution in [3.8, 4) is 0 Å². The molecule has 0 bridgehead atoms. The molecule has 1 aromatic carbocycles. The highest BCUT2D eigenvalue weighted by atomic mass is 32.2. The summed E-state index contributed by atoms with van der Waals surface area (Å²) in [4.78, 5) is 39.8. The molecule has 0 aliphatic carbocycles. The molecule has 200 valence electrons. The smallest absolute Gasteiger partial charge is 0.410 e. The number of thiophene rings is 1. The van der Waals surface area contributed by atoms with Gasteiger partial charge in [0.15, 0.2) is 0 Å².